The number of piperidine rings is 1. The second kappa shape index (κ2) is 9.29. The number of nitrogens with one attached hydrogen (secondary N) is 1. The van der Waals surface area contributed by atoms with Crippen LogP contribution in [0.5, 0.6) is 11.5 Å². The van der Waals surface area contributed by atoms with Gasteiger partial charge in [-0.1, -0.05) is 6.07 Å². The van der Waals surface area contributed by atoms with Gasteiger partial charge in [-0.05, 0) is 56.2 Å². The zero-order valence-electron chi connectivity index (χ0n) is 19.3. The Morgan fingerprint density at radius 1 is 1.15 bits per heavy atom. The number of ether oxygens (including phenoxy) is 2. The molecule has 1 saturated heterocycles. The molecule has 0 spiro atoms. The number of benzene rings is 1. The van der Waals surface area contributed by atoms with Gasteiger partial charge in [0.25, 0.3) is 0 Å². The Bertz CT molecular complexity index is 1160. The lowest BCUT2D eigenvalue weighted by Gasteiger charge is -2.33. The fourth-order valence-electron chi connectivity index (χ4n) is 5.09. The van der Waals surface area contributed by atoms with E-state index in [2.05, 4.69) is 10.2 Å². The van der Waals surface area contributed by atoms with Crippen LogP contribution in [0.25, 0.3) is 5.52 Å². The number of hydrogen-bond acceptors (Lipinski definition) is 6. The van der Waals surface area contributed by atoms with Gasteiger partial charge in [0.2, 0.25) is 5.91 Å². The molecule has 1 fully saturated rings. The molecule has 8 heteroatoms. The van der Waals surface area contributed by atoms with E-state index in [1.807, 2.05) is 35.1 Å². The van der Waals surface area contributed by atoms with Crippen molar-refractivity contribution < 1.29 is 14.3 Å². The molecule has 174 valence electrons. The maximum Gasteiger partial charge on any atom is 0.225 e. The third-order valence-corrected chi connectivity index (χ3v) is 6.80. The van der Waals surface area contributed by atoms with Gasteiger partial charge in [-0.25, -0.2) is 9.50 Å². The first kappa shape index (κ1) is 21.6. The number of aromatic nitrogens is 3. The van der Waals surface area contributed by atoms with Crippen molar-refractivity contribution in [2.45, 2.75) is 45.1 Å². The third-order valence-electron chi connectivity index (χ3n) is 6.80. The van der Waals surface area contributed by atoms with E-state index in [1.165, 1.54) is 24.1 Å². The third kappa shape index (κ3) is 4.21. The number of anilines is 1. The molecular formula is C25H31N5O3. The van der Waals surface area contributed by atoms with Crippen molar-refractivity contribution in [3.8, 4) is 11.5 Å². The molecule has 3 aromatic rings. The zero-order valence-corrected chi connectivity index (χ0v) is 19.3. The molecule has 1 amide bonds. The summed E-state index contributed by atoms with van der Waals surface area (Å²) in [6.07, 6.45) is 10.1. The van der Waals surface area contributed by atoms with Gasteiger partial charge in [0.1, 0.15) is 5.52 Å². The largest absolute Gasteiger partial charge is 0.493 e. The van der Waals surface area contributed by atoms with Crippen molar-refractivity contribution in [3.05, 3.63) is 47.4 Å². The Balaban J connectivity index is 1.29. The molecule has 2 aliphatic rings. The van der Waals surface area contributed by atoms with Crippen LogP contribution in [0.2, 0.25) is 0 Å². The van der Waals surface area contributed by atoms with Crippen LogP contribution in [-0.2, 0) is 24.2 Å². The number of carbonyl (C=O) groups excluding carboxylic acids is 1. The highest BCUT2D eigenvalue weighted by Gasteiger charge is 2.29. The second-order valence-electron chi connectivity index (χ2n) is 8.87. The van der Waals surface area contributed by atoms with Crippen molar-refractivity contribution in [2.24, 2.45) is 5.92 Å². The molecule has 0 unspecified atom stereocenters. The number of hydrogen-bond donors (Lipinski definition) is 1. The topological polar surface area (TPSA) is 81.0 Å². The lowest BCUT2D eigenvalue weighted by Crippen LogP contribution is -2.43. The fraction of sp³-hybridized carbons (Fsp3) is 0.480. The Labute approximate surface area is 193 Å². The molecule has 33 heavy (non-hydrogen) atoms. The van der Waals surface area contributed by atoms with Gasteiger partial charge >= 0.3 is 0 Å². The van der Waals surface area contributed by atoms with Gasteiger partial charge in [0, 0.05) is 37.6 Å². The van der Waals surface area contributed by atoms with Crippen molar-refractivity contribution in [1.29, 1.82) is 0 Å². The Hall–Kier alpha value is -3.29. The number of carbonyl (C=O) groups is 1. The van der Waals surface area contributed by atoms with E-state index in [0.29, 0.717) is 24.6 Å². The van der Waals surface area contributed by atoms with Crippen molar-refractivity contribution in [3.63, 3.8) is 0 Å². The molecule has 1 atom stereocenters. The van der Waals surface area contributed by atoms with E-state index >= 15 is 0 Å². The molecule has 1 aromatic carbocycles. The van der Waals surface area contributed by atoms with Crippen LogP contribution in [-0.4, -0.2) is 47.8 Å². The zero-order chi connectivity index (χ0) is 22.8. The maximum atomic E-state index is 13.0. The van der Waals surface area contributed by atoms with E-state index in [-0.39, 0.29) is 11.8 Å². The number of aryl methyl sites for hydroxylation is 2. The Morgan fingerprint density at radius 2 is 2.00 bits per heavy atom. The predicted octanol–water partition coefficient (Wildman–Crippen LogP) is 3.16. The van der Waals surface area contributed by atoms with Crippen LogP contribution < -0.4 is 19.7 Å². The predicted molar refractivity (Wildman–Crippen MR) is 126 cm³/mol. The quantitative estimate of drug-likeness (QED) is 0.623. The van der Waals surface area contributed by atoms with E-state index in [1.54, 1.807) is 14.2 Å². The summed E-state index contributed by atoms with van der Waals surface area (Å²) in [7, 11) is 3.23. The summed E-state index contributed by atoms with van der Waals surface area (Å²) in [6.45, 7) is 2.04. The van der Waals surface area contributed by atoms with Crippen molar-refractivity contribution in [2.75, 3.05) is 32.2 Å². The highest BCUT2D eigenvalue weighted by molar-refractivity contribution is 5.81. The number of methoxy groups -OCH3 is 2. The van der Waals surface area contributed by atoms with Crippen LogP contribution in [0, 0.1) is 5.92 Å². The average Bonchev–Trinajstić information content (AvgIpc) is 3.26. The summed E-state index contributed by atoms with van der Waals surface area (Å²) in [6, 6.07) is 5.71. The second-order valence-corrected chi connectivity index (χ2v) is 8.87. The normalized spacial score (nSPS) is 18.1. The number of nitrogens with zero attached hydrogens (tertiary/aromatic N) is 4. The summed E-state index contributed by atoms with van der Waals surface area (Å²) in [5, 5.41) is 7.92. The van der Waals surface area contributed by atoms with E-state index in [0.717, 1.165) is 49.1 Å². The molecule has 1 aliphatic carbocycles. The van der Waals surface area contributed by atoms with Crippen molar-refractivity contribution in [1.82, 2.24) is 19.9 Å². The monoisotopic (exact) mass is 449 g/mol. The fourth-order valence-corrected chi connectivity index (χ4v) is 5.09. The Kier molecular flexibility index (Phi) is 6.07. The van der Waals surface area contributed by atoms with Crippen LogP contribution in [0.1, 0.15) is 42.5 Å². The molecule has 8 nitrogen and oxygen atoms in total. The average molecular weight is 450 g/mol. The summed E-state index contributed by atoms with van der Waals surface area (Å²) >= 11 is 0. The van der Waals surface area contributed by atoms with Crippen LogP contribution >= 0.6 is 0 Å². The molecule has 2 aromatic heterocycles. The summed E-state index contributed by atoms with van der Waals surface area (Å²) in [5.41, 5.74) is 4.64. The van der Waals surface area contributed by atoms with E-state index in [9.17, 15) is 4.79 Å². The lowest BCUT2D eigenvalue weighted by atomic mass is 9.95. The van der Waals surface area contributed by atoms with Crippen molar-refractivity contribution >= 4 is 17.2 Å². The van der Waals surface area contributed by atoms with Gasteiger partial charge in [0.05, 0.1) is 25.8 Å². The maximum absolute atomic E-state index is 13.0. The van der Waals surface area contributed by atoms with Gasteiger partial charge in [-0.2, -0.15) is 5.10 Å². The van der Waals surface area contributed by atoms with Crippen LogP contribution in [0.15, 0.2) is 30.6 Å². The number of rotatable bonds is 6. The van der Waals surface area contributed by atoms with Gasteiger partial charge in [-0.3, -0.25) is 4.79 Å². The summed E-state index contributed by atoms with van der Waals surface area (Å²) in [4.78, 5) is 20.1. The molecule has 0 saturated carbocycles. The molecule has 3 heterocycles. The van der Waals surface area contributed by atoms with Crippen LogP contribution in [0.4, 0.5) is 5.82 Å². The highest BCUT2D eigenvalue weighted by atomic mass is 16.5. The number of fused-ring (bicyclic) bond motifs is 3. The molecular weight excluding hydrogens is 418 g/mol. The summed E-state index contributed by atoms with van der Waals surface area (Å²) < 4.78 is 12.7. The Morgan fingerprint density at radius 3 is 2.85 bits per heavy atom. The minimum absolute atomic E-state index is 0.0697. The summed E-state index contributed by atoms with van der Waals surface area (Å²) in [5.74, 6) is 2.32. The smallest absolute Gasteiger partial charge is 0.225 e. The van der Waals surface area contributed by atoms with E-state index in [4.69, 9.17) is 19.6 Å². The number of amides is 1. The first-order chi connectivity index (χ1) is 16.2. The van der Waals surface area contributed by atoms with Gasteiger partial charge in [-0.15, -0.1) is 0 Å². The van der Waals surface area contributed by atoms with Crippen LogP contribution in [0.3, 0.4) is 0 Å². The van der Waals surface area contributed by atoms with Gasteiger partial charge in [0.15, 0.2) is 17.3 Å². The minimum atomic E-state index is -0.0697. The van der Waals surface area contributed by atoms with E-state index < -0.39 is 0 Å². The molecule has 0 radical (unpaired) electrons. The van der Waals surface area contributed by atoms with Gasteiger partial charge < -0.3 is 19.7 Å². The molecule has 0 bridgehead atoms. The SMILES string of the molecule is COc1ccc(CNC(=O)[C@@H]2CCCN(c3nccn4nc5c(c34)CCCC5)C2)cc1OC. The minimum Gasteiger partial charge on any atom is -0.493 e. The standard InChI is InChI=1S/C25H31N5O3/c1-32-21-10-9-17(14-22(21)33-2)15-27-25(31)18-6-5-12-29(16-18)24-23-19-7-3-4-8-20(19)28-30(23)13-11-26-24/h9-11,13-14,18H,3-8,12,15-16H2,1-2H3,(H,27,31)/t18-/m1/s1. The first-order valence-electron chi connectivity index (χ1n) is 11.8. The first-order valence-corrected chi connectivity index (χ1v) is 11.8. The molecule has 1 aliphatic heterocycles. The lowest BCUT2D eigenvalue weighted by molar-refractivity contribution is -0.125. The molecule has 1 N–H and O–H groups in total. The molecule has 5 rings (SSSR count). The highest BCUT2D eigenvalue weighted by Crippen LogP contribution is 2.32.